The Kier molecular flexibility index (Phi) is 10.4. The lowest BCUT2D eigenvalue weighted by molar-refractivity contribution is 0.563. The van der Waals surface area contributed by atoms with Gasteiger partial charge in [-0.1, -0.05) is 182 Å². The van der Waals surface area contributed by atoms with Crippen LogP contribution in [0.25, 0.3) is 109 Å². The van der Waals surface area contributed by atoms with Gasteiger partial charge in [0.15, 0.2) is 0 Å². The first-order valence-electron chi connectivity index (χ1n) is 26.1. The fourth-order valence-corrected chi connectivity index (χ4v) is 11.8. The van der Waals surface area contributed by atoms with Crippen molar-refractivity contribution in [3.05, 3.63) is 288 Å². The highest BCUT2D eigenvalue weighted by atomic mass is 16.4. The summed E-state index contributed by atoms with van der Waals surface area (Å²) >= 11 is 0. The van der Waals surface area contributed by atoms with Gasteiger partial charge in [0.1, 0.15) is 11.2 Å². The average Bonchev–Trinajstić information content (AvgIpc) is 3.62. The zero-order valence-electron chi connectivity index (χ0n) is 41.9. The van der Waals surface area contributed by atoms with Crippen molar-refractivity contribution in [1.29, 1.82) is 0 Å². The minimum absolute atomic E-state index is 0.426. The van der Waals surface area contributed by atoms with Crippen LogP contribution in [0.2, 0.25) is 0 Å². The molecule has 78 heavy (non-hydrogen) atoms. The highest BCUT2D eigenvalue weighted by molar-refractivity contribution is 6.22. The van der Waals surface area contributed by atoms with Crippen LogP contribution in [0.4, 0.5) is 34.1 Å². The molecule has 2 aromatic heterocycles. The van der Waals surface area contributed by atoms with Gasteiger partial charge in [-0.2, -0.15) is 0 Å². The van der Waals surface area contributed by atoms with E-state index in [1.54, 1.807) is 0 Å². The molecule has 0 fully saturated rings. The van der Waals surface area contributed by atoms with E-state index in [1.165, 1.54) is 0 Å². The van der Waals surface area contributed by atoms with Crippen molar-refractivity contribution in [2.45, 2.75) is 0 Å². The number of anilines is 6. The van der Waals surface area contributed by atoms with E-state index in [1.807, 2.05) is 84.9 Å². The quantitative estimate of drug-likeness (QED) is 0.112. The second-order valence-electron chi connectivity index (χ2n) is 19.9. The van der Waals surface area contributed by atoms with E-state index in [2.05, 4.69) is 192 Å². The predicted molar refractivity (Wildman–Crippen MR) is 324 cm³/mol. The van der Waals surface area contributed by atoms with E-state index >= 15 is 0 Å². The lowest BCUT2D eigenvalue weighted by Gasteiger charge is -2.28. The Labute approximate surface area is 447 Å². The van der Waals surface area contributed by atoms with Gasteiger partial charge in [0, 0.05) is 67.6 Å². The average molecular weight is 1000 g/mol. The molecule has 0 atom stereocenters. The van der Waals surface area contributed by atoms with Crippen LogP contribution >= 0.6 is 0 Å². The molecule has 0 aliphatic rings. The standard InChI is InChI=1S/C72H44N2O4/c75-71-63(41-51-33-37-55(43-67(51)77-71)73(53-35-31-45-15-1-3-19-49(45)39-53)54-36-32-46-16-2-4-20-50(46)40-54)69-59-25-9-11-27-61(59)70(62-28-12-10-26-60(62)69)64-42-52-34-38-56(44-68(52)78-72(64)76)74(65-29-13-21-47-17-5-7-23-57(47)65)66-30-14-22-48-18-6-8-24-58(48)66/h1-44H. The third-order valence-electron chi connectivity index (χ3n) is 15.4. The first-order chi connectivity index (χ1) is 38.5. The van der Waals surface area contributed by atoms with E-state index in [0.29, 0.717) is 22.3 Å². The zero-order valence-corrected chi connectivity index (χ0v) is 41.9. The highest BCUT2D eigenvalue weighted by Gasteiger charge is 2.24. The molecule has 0 aliphatic heterocycles. The third-order valence-corrected chi connectivity index (χ3v) is 15.4. The molecule has 0 saturated heterocycles. The van der Waals surface area contributed by atoms with Crippen LogP contribution < -0.4 is 21.1 Å². The molecule has 2 heterocycles. The molecule has 15 rings (SSSR count). The Hall–Kier alpha value is -10.6. The number of nitrogens with zero attached hydrogens (tertiary/aromatic N) is 2. The van der Waals surface area contributed by atoms with Crippen LogP contribution in [0.15, 0.2) is 285 Å². The van der Waals surface area contributed by atoms with Crippen LogP contribution in [0, 0.1) is 0 Å². The molecule has 0 aliphatic carbocycles. The van der Waals surface area contributed by atoms with E-state index < -0.39 is 11.3 Å². The van der Waals surface area contributed by atoms with E-state index in [4.69, 9.17) is 8.83 Å². The molecule has 0 spiro atoms. The van der Waals surface area contributed by atoms with Gasteiger partial charge in [-0.3, -0.25) is 0 Å². The van der Waals surface area contributed by atoms with Crippen LogP contribution in [-0.4, -0.2) is 0 Å². The summed E-state index contributed by atoms with van der Waals surface area (Å²) in [6, 6.07) is 91.1. The summed E-state index contributed by atoms with van der Waals surface area (Å²) in [7, 11) is 0. The monoisotopic (exact) mass is 1000 g/mol. The molecule has 13 aromatic carbocycles. The van der Waals surface area contributed by atoms with E-state index in [0.717, 1.165) is 121 Å². The van der Waals surface area contributed by atoms with E-state index in [9.17, 15) is 9.59 Å². The summed E-state index contributed by atoms with van der Waals surface area (Å²) in [5.74, 6) is 0. The smallest absolute Gasteiger partial charge is 0.344 e. The minimum Gasteiger partial charge on any atom is -0.422 e. The first-order valence-corrected chi connectivity index (χ1v) is 26.1. The summed E-state index contributed by atoms with van der Waals surface area (Å²) in [5, 5.41) is 13.8. The molecule has 6 nitrogen and oxygen atoms in total. The van der Waals surface area contributed by atoms with Crippen molar-refractivity contribution in [2.75, 3.05) is 9.80 Å². The Morgan fingerprint density at radius 1 is 0.244 bits per heavy atom. The van der Waals surface area contributed by atoms with Gasteiger partial charge < -0.3 is 18.6 Å². The number of rotatable bonds is 8. The number of benzene rings is 13. The highest BCUT2D eigenvalue weighted by Crippen LogP contribution is 2.46. The summed E-state index contributed by atoms with van der Waals surface area (Å²) in [6.07, 6.45) is 0. The molecule has 15 aromatic rings. The predicted octanol–water partition coefficient (Wildman–Crippen LogP) is 19.1. The Morgan fingerprint density at radius 3 is 0.987 bits per heavy atom. The van der Waals surface area contributed by atoms with Gasteiger partial charge in [0.25, 0.3) is 0 Å². The molecular weight excluding hydrogens is 957 g/mol. The molecule has 366 valence electrons. The summed E-state index contributed by atoms with van der Waals surface area (Å²) in [6.45, 7) is 0. The maximum absolute atomic E-state index is 14.8. The molecule has 0 amide bonds. The molecule has 6 heteroatoms. The van der Waals surface area contributed by atoms with Crippen molar-refractivity contribution in [3.8, 4) is 22.3 Å². The SMILES string of the molecule is O=c1oc2cc(N(c3ccc4ccccc4c3)c3ccc4ccccc4c3)ccc2cc1-c1c2ccccc2c(-c2cc3ccc(N(c4cccc5ccccc45)c4cccc5ccccc45)cc3oc2=O)c2ccccc12. The lowest BCUT2D eigenvalue weighted by atomic mass is 9.86. The topological polar surface area (TPSA) is 66.9 Å². The molecular formula is C72H44N2O4. The summed E-state index contributed by atoms with van der Waals surface area (Å²) in [4.78, 5) is 34.0. The Balaban J connectivity index is 0.861. The summed E-state index contributed by atoms with van der Waals surface area (Å²) < 4.78 is 12.8. The molecule has 0 radical (unpaired) electrons. The Bertz CT molecular complexity index is 4850. The third kappa shape index (κ3) is 7.41. The first kappa shape index (κ1) is 44.9. The van der Waals surface area contributed by atoms with Crippen LogP contribution in [0.5, 0.6) is 0 Å². The van der Waals surface area contributed by atoms with Crippen molar-refractivity contribution >= 4 is 121 Å². The van der Waals surface area contributed by atoms with Gasteiger partial charge in [-0.15, -0.1) is 0 Å². The largest absolute Gasteiger partial charge is 0.422 e. The maximum atomic E-state index is 14.8. The van der Waals surface area contributed by atoms with Crippen molar-refractivity contribution in [1.82, 2.24) is 0 Å². The van der Waals surface area contributed by atoms with Crippen LogP contribution in [0.1, 0.15) is 0 Å². The normalized spacial score (nSPS) is 11.7. The van der Waals surface area contributed by atoms with E-state index in [-0.39, 0.29) is 0 Å². The minimum atomic E-state index is -0.466. The van der Waals surface area contributed by atoms with Gasteiger partial charge in [0.2, 0.25) is 0 Å². The van der Waals surface area contributed by atoms with Crippen molar-refractivity contribution < 1.29 is 8.83 Å². The van der Waals surface area contributed by atoms with Crippen molar-refractivity contribution in [2.24, 2.45) is 0 Å². The zero-order chi connectivity index (χ0) is 51.8. The second kappa shape index (κ2) is 18.1. The molecule has 0 N–H and O–H groups in total. The van der Waals surface area contributed by atoms with Gasteiger partial charge >= 0.3 is 11.3 Å². The van der Waals surface area contributed by atoms with Crippen LogP contribution in [-0.2, 0) is 0 Å². The van der Waals surface area contributed by atoms with Crippen LogP contribution in [0.3, 0.4) is 0 Å². The van der Waals surface area contributed by atoms with Gasteiger partial charge in [-0.05, 0) is 127 Å². The number of fused-ring (bicyclic) bond motifs is 8. The molecule has 0 unspecified atom stereocenters. The second-order valence-corrected chi connectivity index (χ2v) is 19.9. The van der Waals surface area contributed by atoms with Gasteiger partial charge in [-0.25, -0.2) is 9.59 Å². The lowest BCUT2D eigenvalue weighted by Crippen LogP contribution is -2.11. The van der Waals surface area contributed by atoms with Crippen molar-refractivity contribution in [3.63, 3.8) is 0 Å². The molecule has 0 bridgehead atoms. The van der Waals surface area contributed by atoms with Gasteiger partial charge in [0.05, 0.1) is 22.5 Å². The maximum Gasteiger partial charge on any atom is 0.344 e. The fraction of sp³-hybridized carbons (Fsp3) is 0. The Morgan fingerprint density at radius 2 is 0.564 bits per heavy atom. The number of hydrogen-bond acceptors (Lipinski definition) is 6. The fourth-order valence-electron chi connectivity index (χ4n) is 11.8. The number of hydrogen-bond donors (Lipinski definition) is 0. The molecule has 0 saturated carbocycles. The summed E-state index contributed by atoms with van der Waals surface area (Å²) in [5.41, 5.74) is 7.98.